The quantitative estimate of drug-likeness (QED) is 0.197. The van der Waals surface area contributed by atoms with Gasteiger partial charge in [-0.2, -0.15) is 8.42 Å². The van der Waals surface area contributed by atoms with E-state index < -0.39 is 52.7 Å². The van der Waals surface area contributed by atoms with E-state index in [0.717, 1.165) is 25.7 Å². The highest BCUT2D eigenvalue weighted by Crippen LogP contribution is 2.27. The van der Waals surface area contributed by atoms with E-state index in [1.807, 2.05) is 0 Å². The van der Waals surface area contributed by atoms with Crippen LogP contribution in [0.5, 0.6) is 0 Å². The minimum atomic E-state index is -4.99. The Morgan fingerprint density at radius 3 is 2.17 bits per heavy atom. The van der Waals surface area contributed by atoms with Crippen molar-refractivity contribution in [2.75, 3.05) is 6.61 Å². The summed E-state index contributed by atoms with van der Waals surface area (Å²) in [6.45, 7) is 1.17. The Kier molecular flexibility index (Phi) is 11.2. The summed E-state index contributed by atoms with van der Waals surface area (Å²) in [5, 5.41) is 19.0. The van der Waals surface area contributed by atoms with Gasteiger partial charge in [-0.05, 0) is 6.42 Å². The van der Waals surface area contributed by atoms with Crippen LogP contribution in [0.3, 0.4) is 0 Å². The molecule has 0 saturated carbocycles. The zero-order valence-corrected chi connectivity index (χ0v) is 17.4. The maximum absolute atomic E-state index is 12.0. The average molecular weight is 438 g/mol. The fraction of sp³-hybridized carbons (Fsp3) is 0.778. The second kappa shape index (κ2) is 12.8. The van der Waals surface area contributed by atoms with Crippen molar-refractivity contribution >= 4 is 22.3 Å². The van der Waals surface area contributed by atoms with Gasteiger partial charge in [0.2, 0.25) is 11.5 Å². The SMILES string of the molecule is CCCCCCCCCCCC(=O)OC1=C(O)C(=O)O[C@@H]1[C@H](CO)OS(=O)(=O)O. The van der Waals surface area contributed by atoms with Gasteiger partial charge in [-0.1, -0.05) is 58.3 Å². The van der Waals surface area contributed by atoms with E-state index in [4.69, 9.17) is 9.29 Å². The van der Waals surface area contributed by atoms with Gasteiger partial charge >= 0.3 is 22.3 Å². The van der Waals surface area contributed by atoms with Crippen molar-refractivity contribution in [1.82, 2.24) is 0 Å². The van der Waals surface area contributed by atoms with Crippen LogP contribution in [0.15, 0.2) is 11.5 Å². The molecule has 0 aromatic rings. The lowest BCUT2D eigenvalue weighted by molar-refractivity contribution is -0.150. The van der Waals surface area contributed by atoms with Crippen LogP contribution in [0.25, 0.3) is 0 Å². The third-order valence-corrected chi connectivity index (χ3v) is 4.88. The number of unbranched alkanes of at least 4 members (excludes halogenated alkanes) is 8. The molecule has 1 aliphatic rings. The van der Waals surface area contributed by atoms with E-state index >= 15 is 0 Å². The zero-order valence-electron chi connectivity index (χ0n) is 16.5. The smallest absolute Gasteiger partial charge is 0.397 e. The first-order valence-electron chi connectivity index (χ1n) is 9.81. The van der Waals surface area contributed by atoms with Gasteiger partial charge in [0.1, 0.15) is 6.10 Å². The van der Waals surface area contributed by atoms with Gasteiger partial charge in [0.25, 0.3) is 0 Å². The first-order valence-corrected chi connectivity index (χ1v) is 11.2. The topological polar surface area (TPSA) is 157 Å². The summed E-state index contributed by atoms with van der Waals surface area (Å²) in [5.74, 6) is -3.69. The fourth-order valence-corrected chi connectivity index (χ4v) is 3.37. The molecular formula is C18H30O10S. The van der Waals surface area contributed by atoms with Gasteiger partial charge in [-0.3, -0.25) is 9.35 Å². The van der Waals surface area contributed by atoms with Crippen molar-refractivity contribution in [3.05, 3.63) is 11.5 Å². The molecule has 0 amide bonds. The molecule has 1 aliphatic heterocycles. The minimum Gasteiger partial charge on any atom is -0.499 e. The van der Waals surface area contributed by atoms with Crippen LogP contribution < -0.4 is 0 Å². The molecule has 11 heteroatoms. The number of aliphatic hydroxyl groups is 2. The molecule has 3 N–H and O–H groups in total. The second-order valence-corrected chi connectivity index (χ2v) is 7.88. The molecule has 0 aliphatic carbocycles. The molecule has 0 aromatic carbocycles. The Labute approximate surface area is 170 Å². The molecule has 0 fully saturated rings. The van der Waals surface area contributed by atoms with Crippen LogP contribution >= 0.6 is 0 Å². The summed E-state index contributed by atoms with van der Waals surface area (Å²) < 4.78 is 44.3. The normalized spacial score (nSPS) is 18.0. The summed E-state index contributed by atoms with van der Waals surface area (Å²) in [5.41, 5.74) is 0. The number of hydrogen-bond donors (Lipinski definition) is 3. The van der Waals surface area contributed by atoms with Crippen molar-refractivity contribution < 1.29 is 46.4 Å². The second-order valence-electron chi connectivity index (χ2n) is 6.84. The van der Waals surface area contributed by atoms with E-state index in [-0.39, 0.29) is 6.42 Å². The van der Waals surface area contributed by atoms with Crippen LogP contribution in [0.4, 0.5) is 0 Å². The Hall–Kier alpha value is -1.69. The summed E-state index contributed by atoms with van der Waals surface area (Å²) >= 11 is 0. The molecule has 0 bridgehead atoms. The predicted molar refractivity (Wildman–Crippen MR) is 101 cm³/mol. The monoisotopic (exact) mass is 438 g/mol. The molecule has 0 saturated heterocycles. The molecule has 10 nitrogen and oxygen atoms in total. The zero-order chi connectivity index (χ0) is 21.9. The van der Waals surface area contributed by atoms with Crippen molar-refractivity contribution in [1.29, 1.82) is 0 Å². The maximum Gasteiger partial charge on any atom is 0.397 e. The average Bonchev–Trinajstić information content (AvgIpc) is 2.92. The number of aliphatic hydroxyl groups excluding tert-OH is 2. The highest BCUT2D eigenvalue weighted by atomic mass is 32.3. The number of carbonyl (C=O) groups excluding carboxylic acids is 2. The van der Waals surface area contributed by atoms with Crippen LogP contribution in [0.2, 0.25) is 0 Å². The standard InChI is InChI=1S/C18H30O10S/c1-2-3-4-5-6-7-8-9-10-11-14(20)26-17-15(21)18(22)27-16(17)13(12-19)28-29(23,24)25/h13,16,19,21H,2-12H2,1H3,(H,23,24,25)/t13-,16+/m0/s1. The maximum atomic E-state index is 12.0. The molecule has 1 heterocycles. The van der Waals surface area contributed by atoms with Crippen molar-refractivity contribution in [2.45, 2.75) is 83.3 Å². The number of hydrogen-bond acceptors (Lipinski definition) is 9. The molecule has 0 aromatic heterocycles. The molecule has 0 spiro atoms. The first kappa shape index (κ1) is 25.3. The van der Waals surface area contributed by atoms with Gasteiger partial charge in [-0.15, -0.1) is 0 Å². The van der Waals surface area contributed by atoms with E-state index in [9.17, 15) is 28.2 Å². The van der Waals surface area contributed by atoms with Crippen molar-refractivity contribution in [2.24, 2.45) is 0 Å². The van der Waals surface area contributed by atoms with Gasteiger partial charge in [0, 0.05) is 6.42 Å². The highest BCUT2D eigenvalue weighted by molar-refractivity contribution is 7.80. The minimum absolute atomic E-state index is 0.0243. The summed E-state index contributed by atoms with van der Waals surface area (Å²) in [6.07, 6.45) is 6.02. The predicted octanol–water partition coefficient (Wildman–Crippen LogP) is 2.33. The van der Waals surface area contributed by atoms with Gasteiger partial charge in [0.15, 0.2) is 6.10 Å². The number of ether oxygens (including phenoxy) is 2. The molecule has 0 radical (unpaired) electrons. The lowest BCUT2D eigenvalue weighted by Gasteiger charge is -2.20. The molecule has 0 unspecified atom stereocenters. The van der Waals surface area contributed by atoms with Crippen LogP contribution in [-0.4, -0.2) is 53.9 Å². The Balaban J connectivity index is 2.46. The number of rotatable bonds is 15. The van der Waals surface area contributed by atoms with E-state index in [1.165, 1.54) is 25.7 Å². The van der Waals surface area contributed by atoms with Crippen LogP contribution in [-0.2, 0) is 33.6 Å². The number of carbonyl (C=O) groups is 2. The molecule has 168 valence electrons. The van der Waals surface area contributed by atoms with Crippen LogP contribution in [0.1, 0.15) is 71.1 Å². The third-order valence-electron chi connectivity index (χ3n) is 4.39. The third kappa shape index (κ3) is 9.57. The number of cyclic esters (lactones) is 1. The fourth-order valence-electron chi connectivity index (χ4n) is 2.90. The molecule has 2 atom stereocenters. The summed E-state index contributed by atoms with van der Waals surface area (Å²) in [4.78, 5) is 23.5. The first-order chi connectivity index (χ1) is 13.7. The summed E-state index contributed by atoms with van der Waals surface area (Å²) in [7, 11) is -4.99. The van der Waals surface area contributed by atoms with E-state index in [0.29, 0.717) is 6.42 Å². The largest absolute Gasteiger partial charge is 0.499 e. The van der Waals surface area contributed by atoms with Gasteiger partial charge < -0.3 is 19.7 Å². The van der Waals surface area contributed by atoms with Crippen molar-refractivity contribution in [3.8, 4) is 0 Å². The van der Waals surface area contributed by atoms with Gasteiger partial charge in [-0.25, -0.2) is 8.98 Å². The van der Waals surface area contributed by atoms with Crippen molar-refractivity contribution in [3.63, 3.8) is 0 Å². The number of esters is 2. The molecule has 29 heavy (non-hydrogen) atoms. The Bertz CT molecular complexity index is 670. The molecular weight excluding hydrogens is 408 g/mol. The van der Waals surface area contributed by atoms with E-state index in [1.54, 1.807) is 0 Å². The Morgan fingerprint density at radius 1 is 1.10 bits per heavy atom. The lowest BCUT2D eigenvalue weighted by Crippen LogP contribution is -2.37. The Morgan fingerprint density at radius 2 is 1.66 bits per heavy atom. The highest BCUT2D eigenvalue weighted by Gasteiger charge is 2.44. The van der Waals surface area contributed by atoms with Gasteiger partial charge in [0.05, 0.1) is 6.61 Å². The lowest BCUT2D eigenvalue weighted by atomic mass is 10.1. The summed E-state index contributed by atoms with van der Waals surface area (Å²) in [6, 6.07) is 0. The van der Waals surface area contributed by atoms with Crippen LogP contribution in [0, 0.1) is 0 Å². The van der Waals surface area contributed by atoms with E-state index in [2.05, 4.69) is 15.8 Å². The molecule has 1 rings (SSSR count).